The Balaban J connectivity index is 0.00000288. The molecule has 0 heterocycles. The van der Waals surface area contributed by atoms with Gasteiger partial charge in [-0.3, -0.25) is 4.79 Å². The molecule has 0 aromatic heterocycles. The number of nitrogen functional groups attached to an aromatic ring is 1. The van der Waals surface area contributed by atoms with E-state index in [0.717, 1.165) is 5.56 Å². The van der Waals surface area contributed by atoms with E-state index in [1.165, 1.54) is 23.1 Å². The van der Waals surface area contributed by atoms with Crippen molar-refractivity contribution in [1.29, 1.82) is 0 Å². The van der Waals surface area contributed by atoms with Crippen LogP contribution in [-0.2, 0) is 17.8 Å². The van der Waals surface area contributed by atoms with Crippen molar-refractivity contribution in [3.8, 4) is 0 Å². The summed E-state index contributed by atoms with van der Waals surface area (Å²) in [4.78, 5) is 13.8. The molecule has 0 fully saturated rings. The molecule has 0 aliphatic carbocycles. The average Bonchev–Trinajstić information content (AvgIpc) is 2.53. The second kappa shape index (κ2) is 9.23. The molecule has 0 saturated carbocycles. The van der Waals surface area contributed by atoms with Gasteiger partial charge in [-0.15, -0.1) is 12.4 Å². The summed E-state index contributed by atoms with van der Waals surface area (Å²) in [5, 5.41) is 0. The van der Waals surface area contributed by atoms with Gasteiger partial charge >= 0.3 is 0 Å². The molecule has 0 saturated heterocycles. The van der Waals surface area contributed by atoms with Crippen LogP contribution in [-0.4, -0.2) is 17.4 Å². The number of benzene rings is 2. The number of hydrogen-bond donors (Lipinski definition) is 1. The van der Waals surface area contributed by atoms with Gasteiger partial charge in [0.2, 0.25) is 5.91 Å². The molecule has 0 radical (unpaired) electrons. The zero-order valence-electron chi connectivity index (χ0n) is 13.5. The van der Waals surface area contributed by atoms with Crippen LogP contribution in [0.2, 0.25) is 0 Å². The maximum atomic E-state index is 13.7. The van der Waals surface area contributed by atoms with Crippen molar-refractivity contribution in [2.24, 2.45) is 0 Å². The van der Waals surface area contributed by atoms with Gasteiger partial charge in [-0.2, -0.15) is 0 Å². The van der Waals surface area contributed by atoms with Crippen molar-refractivity contribution in [1.82, 2.24) is 4.90 Å². The average molecular weight is 355 g/mol. The van der Waals surface area contributed by atoms with Gasteiger partial charge < -0.3 is 10.6 Å². The van der Waals surface area contributed by atoms with Gasteiger partial charge in [0.15, 0.2) is 0 Å². The number of anilines is 1. The van der Waals surface area contributed by atoms with E-state index in [2.05, 4.69) is 0 Å². The van der Waals surface area contributed by atoms with Gasteiger partial charge in [-0.1, -0.05) is 24.3 Å². The number of rotatable bonds is 6. The van der Waals surface area contributed by atoms with Crippen LogP contribution in [0.3, 0.4) is 0 Å². The molecule has 0 aliphatic rings. The SMILES string of the molecule is CCN(Cc1c(F)cccc1F)C(=O)CCc1ccccc1N.Cl. The Hall–Kier alpha value is -2.14. The maximum Gasteiger partial charge on any atom is 0.223 e. The summed E-state index contributed by atoms with van der Waals surface area (Å²) in [6, 6.07) is 11.1. The highest BCUT2D eigenvalue weighted by Gasteiger charge is 2.17. The topological polar surface area (TPSA) is 46.3 Å². The largest absolute Gasteiger partial charge is 0.399 e. The molecule has 2 aromatic rings. The minimum atomic E-state index is -0.636. The van der Waals surface area contributed by atoms with E-state index in [1.54, 1.807) is 13.0 Å². The molecule has 6 heteroatoms. The number of carbonyl (C=O) groups excluding carboxylic acids is 1. The van der Waals surface area contributed by atoms with E-state index < -0.39 is 11.6 Å². The predicted molar refractivity (Wildman–Crippen MR) is 93.9 cm³/mol. The van der Waals surface area contributed by atoms with Gasteiger partial charge in [0.1, 0.15) is 11.6 Å². The first-order valence-corrected chi connectivity index (χ1v) is 7.57. The monoisotopic (exact) mass is 354 g/mol. The van der Waals surface area contributed by atoms with E-state index in [4.69, 9.17) is 5.73 Å². The summed E-state index contributed by atoms with van der Waals surface area (Å²) in [6.07, 6.45) is 0.750. The standard InChI is InChI=1S/C18H20F2N2O.ClH/c1-2-22(12-14-15(19)7-5-8-16(14)20)18(23)11-10-13-6-3-4-9-17(13)21;/h3-9H,2,10-12,21H2,1H3;1H. The third-order valence-corrected chi connectivity index (χ3v) is 3.81. The Bertz CT molecular complexity index is 674. The van der Waals surface area contributed by atoms with Crippen LogP contribution in [0.5, 0.6) is 0 Å². The molecule has 3 nitrogen and oxygen atoms in total. The van der Waals surface area contributed by atoms with Crippen LogP contribution in [0.15, 0.2) is 42.5 Å². The van der Waals surface area contributed by atoms with E-state index in [-0.39, 0.29) is 36.8 Å². The zero-order chi connectivity index (χ0) is 16.8. The van der Waals surface area contributed by atoms with E-state index in [0.29, 0.717) is 18.7 Å². The number of halogens is 3. The number of aryl methyl sites for hydroxylation is 1. The fraction of sp³-hybridized carbons (Fsp3) is 0.278. The van der Waals surface area contributed by atoms with Crippen LogP contribution in [0.25, 0.3) is 0 Å². The molecular formula is C18H21ClF2N2O. The Morgan fingerprint density at radius 3 is 2.29 bits per heavy atom. The van der Waals surface area contributed by atoms with Gasteiger partial charge in [-0.05, 0) is 37.1 Å². The number of nitrogens with zero attached hydrogens (tertiary/aromatic N) is 1. The molecule has 130 valence electrons. The second-order valence-electron chi connectivity index (χ2n) is 5.31. The molecule has 0 atom stereocenters. The zero-order valence-corrected chi connectivity index (χ0v) is 14.3. The molecule has 24 heavy (non-hydrogen) atoms. The molecule has 2 aromatic carbocycles. The van der Waals surface area contributed by atoms with E-state index in [9.17, 15) is 13.6 Å². The molecule has 0 unspecified atom stereocenters. The molecule has 0 spiro atoms. The van der Waals surface area contributed by atoms with Crippen molar-refractivity contribution in [2.75, 3.05) is 12.3 Å². The first-order chi connectivity index (χ1) is 11.0. The Morgan fingerprint density at radius 1 is 1.08 bits per heavy atom. The third-order valence-electron chi connectivity index (χ3n) is 3.81. The van der Waals surface area contributed by atoms with Crippen LogP contribution in [0.1, 0.15) is 24.5 Å². The fourth-order valence-corrected chi connectivity index (χ4v) is 2.41. The molecule has 2 N–H and O–H groups in total. The second-order valence-corrected chi connectivity index (χ2v) is 5.31. The summed E-state index contributed by atoms with van der Waals surface area (Å²) >= 11 is 0. The lowest BCUT2D eigenvalue weighted by Crippen LogP contribution is -2.31. The lowest BCUT2D eigenvalue weighted by atomic mass is 10.1. The number of nitrogens with two attached hydrogens (primary N) is 1. The van der Waals surface area contributed by atoms with Gasteiger partial charge in [0.05, 0.1) is 6.54 Å². The first kappa shape index (κ1) is 19.9. The van der Waals surface area contributed by atoms with Gasteiger partial charge in [0, 0.05) is 24.2 Å². The van der Waals surface area contributed by atoms with Crippen molar-refractivity contribution < 1.29 is 13.6 Å². The lowest BCUT2D eigenvalue weighted by molar-refractivity contribution is -0.131. The number of amides is 1. The smallest absolute Gasteiger partial charge is 0.223 e. The van der Waals surface area contributed by atoms with Crippen molar-refractivity contribution in [3.63, 3.8) is 0 Å². The summed E-state index contributed by atoms with van der Waals surface area (Å²) < 4.78 is 27.4. The highest BCUT2D eigenvalue weighted by molar-refractivity contribution is 5.85. The fourth-order valence-electron chi connectivity index (χ4n) is 2.41. The molecular weight excluding hydrogens is 334 g/mol. The van der Waals surface area contributed by atoms with Crippen LogP contribution in [0.4, 0.5) is 14.5 Å². The Kier molecular flexibility index (Phi) is 7.65. The number of hydrogen-bond acceptors (Lipinski definition) is 2. The highest BCUT2D eigenvalue weighted by atomic mass is 35.5. The summed E-state index contributed by atoms with van der Waals surface area (Å²) in [5.74, 6) is -1.43. The highest BCUT2D eigenvalue weighted by Crippen LogP contribution is 2.17. The lowest BCUT2D eigenvalue weighted by Gasteiger charge is -2.21. The van der Waals surface area contributed by atoms with Crippen molar-refractivity contribution in [3.05, 3.63) is 65.2 Å². The Morgan fingerprint density at radius 2 is 1.71 bits per heavy atom. The quantitative estimate of drug-likeness (QED) is 0.798. The van der Waals surface area contributed by atoms with Gasteiger partial charge in [0.25, 0.3) is 0 Å². The molecule has 0 bridgehead atoms. The molecule has 2 rings (SSSR count). The number of para-hydroxylation sites is 1. The normalized spacial score (nSPS) is 10.1. The van der Waals surface area contributed by atoms with Crippen LogP contribution in [0, 0.1) is 11.6 Å². The van der Waals surface area contributed by atoms with E-state index >= 15 is 0 Å². The third kappa shape index (κ3) is 4.93. The maximum absolute atomic E-state index is 13.7. The summed E-state index contributed by atoms with van der Waals surface area (Å²) in [7, 11) is 0. The Labute approximate surface area is 146 Å². The van der Waals surface area contributed by atoms with E-state index in [1.807, 2.05) is 18.2 Å². The number of carbonyl (C=O) groups is 1. The van der Waals surface area contributed by atoms with Crippen molar-refractivity contribution >= 4 is 24.0 Å². The minimum absolute atomic E-state index is 0. The van der Waals surface area contributed by atoms with Crippen LogP contribution < -0.4 is 5.73 Å². The van der Waals surface area contributed by atoms with Crippen molar-refractivity contribution in [2.45, 2.75) is 26.3 Å². The predicted octanol–water partition coefficient (Wildman–Crippen LogP) is 3.95. The summed E-state index contributed by atoms with van der Waals surface area (Å²) in [6.45, 7) is 2.10. The minimum Gasteiger partial charge on any atom is -0.399 e. The molecule has 1 amide bonds. The first-order valence-electron chi connectivity index (χ1n) is 7.57. The summed E-state index contributed by atoms with van der Waals surface area (Å²) in [5.41, 5.74) is 7.31. The van der Waals surface area contributed by atoms with Crippen LogP contribution >= 0.6 is 12.4 Å². The molecule has 0 aliphatic heterocycles. The van der Waals surface area contributed by atoms with Gasteiger partial charge in [-0.25, -0.2) is 8.78 Å².